The highest BCUT2D eigenvalue weighted by molar-refractivity contribution is 5.81. The van der Waals surface area contributed by atoms with Crippen LogP contribution >= 0.6 is 0 Å². The Labute approximate surface area is 192 Å². The maximum absolute atomic E-state index is 5.24. The molecule has 0 atom stereocenters. The van der Waals surface area contributed by atoms with E-state index in [0.29, 0.717) is 5.92 Å². The Hall–Kier alpha value is -3.26. The van der Waals surface area contributed by atoms with Crippen LogP contribution in [-0.2, 0) is 6.42 Å². The monoisotopic (exact) mass is 420 g/mol. The molecule has 0 unspecified atom stereocenters. The molecule has 0 saturated heterocycles. The molecule has 0 N–H and O–H groups in total. The van der Waals surface area contributed by atoms with Crippen molar-refractivity contribution in [1.29, 1.82) is 0 Å². The molecule has 32 heavy (non-hydrogen) atoms. The van der Waals surface area contributed by atoms with Crippen LogP contribution in [0.2, 0.25) is 0 Å². The fourth-order valence-corrected chi connectivity index (χ4v) is 4.54. The van der Waals surface area contributed by atoms with Crippen molar-refractivity contribution in [3.8, 4) is 33.8 Å². The van der Waals surface area contributed by atoms with E-state index in [1.54, 1.807) is 0 Å². The molecule has 4 aromatic rings. The number of rotatable bonds is 5. The van der Waals surface area contributed by atoms with Crippen LogP contribution in [0.15, 0.2) is 66.9 Å². The van der Waals surface area contributed by atoms with Crippen LogP contribution in [0.25, 0.3) is 33.8 Å². The van der Waals surface area contributed by atoms with Crippen LogP contribution in [0.3, 0.4) is 0 Å². The topological polar surface area (TPSA) is 25.8 Å². The Morgan fingerprint density at radius 2 is 1.22 bits per heavy atom. The number of nitrogens with zero attached hydrogens (tertiary/aromatic N) is 2. The Balaban J connectivity index is 1.96. The predicted molar refractivity (Wildman–Crippen MR) is 136 cm³/mol. The van der Waals surface area contributed by atoms with Crippen LogP contribution in [0.5, 0.6) is 0 Å². The fourth-order valence-electron chi connectivity index (χ4n) is 4.54. The minimum Gasteiger partial charge on any atom is -0.252 e. The van der Waals surface area contributed by atoms with E-state index in [1.165, 1.54) is 33.4 Å². The first-order chi connectivity index (χ1) is 15.3. The molecule has 1 heterocycles. The van der Waals surface area contributed by atoms with Crippen molar-refractivity contribution in [2.45, 2.75) is 48.0 Å². The smallest absolute Gasteiger partial charge is 0.0972 e. The summed E-state index contributed by atoms with van der Waals surface area (Å²) in [5.41, 5.74) is 12.5. The largest absolute Gasteiger partial charge is 0.252 e. The number of hydrogen-bond acceptors (Lipinski definition) is 2. The van der Waals surface area contributed by atoms with Gasteiger partial charge in [-0.2, -0.15) is 0 Å². The standard InChI is InChI=1S/C30H32N2/c1-19(2)11-24-9-7-8-10-27(24)28-18-31-29(25-14-20(3)12-21(4)15-25)30(32-28)26-16-22(5)13-23(6)17-26/h7-10,12-19H,11H2,1-6H3. The summed E-state index contributed by atoms with van der Waals surface area (Å²) in [5.74, 6) is 0.581. The molecule has 0 bridgehead atoms. The van der Waals surface area contributed by atoms with Gasteiger partial charge < -0.3 is 0 Å². The molecule has 0 aliphatic heterocycles. The highest BCUT2D eigenvalue weighted by Gasteiger charge is 2.16. The van der Waals surface area contributed by atoms with Gasteiger partial charge in [0.25, 0.3) is 0 Å². The molecule has 4 rings (SSSR count). The Morgan fingerprint density at radius 3 is 1.78 bits per heavy atom. The number of aryl methyl sites for hydroxylation is 4. The summed E-state index contributed by atoms with van der Waals surface area (Å²) in [7, 11) is 0. The fraction of sp³-hybridized carbons (Fsp3) is 0.267. The third kappa shape index (κ3) is 4.80. The SMILES string of the molecule is Cc1cc(C)cc(-c2ncc(-c3ccccc3CC(C)C)nc2-c2cc(C)cc(C)c2)c1. The Kier molecular flexibility index (Phi) is 6.23. The molecule has 2 nitrogen and oxygen atoms in total. The van der Waals surface area contributed by atoms with Crippen molar-refractivity contribution in [2.75, 3.05) is 0 Å². The summed E-state index contributed by atoms with van der Waals surface area (Å²) in [6.07, 6.45) is 2.97. The van der Waals surface area contributed by atoms with Crippen LogP contribution in [-0.4, -0.2) is 9.97 Å². The first-order valence-electron chi connectivity index (χ1n) is 11.4. The molecule has 0 spiro atoms. The molecule has 0 radical (unpaired) electrons. The zero-order valence-electron chi connectivity index (χ0n) is 20.0. The number of hydrogen-bond donors (Lipinski definition) is 0. The molecule has 1 aromatic heterocycles. The summed E-state index contributed by atoms with van der Waals surface area (Å²) in [6, 6.07) is 21.8. The summed E-state index contributed by atoms with van der Waals surface area (Å²) < 4.78 is 0. The molecule has 3 aromatic carbocycles. The van der Waals surface area contributed by atoms with E-state index in [0.717, 1.165) is 34.6 Å². The summed E-state index contributed by atoms with van der Waals surface area (Å²) in [6.45, 7) is 13.1. The van der Waals surface area contributed by atoms with Gasteiger partial charge in [-0.05, 0) is 69.9 Å². The van der Waals surface area contributed by atoms with Crippen LogP contribution < -0.4 is 0 Å². The molecular formula is C30H32N2. The normalized spacial score (nSPS) is 11.2. The molecule has 0 aliphatic rings. The van der Waals surface area contributed by atoms with Crippen molar-refractivity contribution in [1.82, 2.24) is 9.97 Å². The van der Waals surface area contributed by atoms with E-state index in [1.807, 2.05) is 6.20 Å². The third-order valence-corrected chi connectivity index (χ3v) is 5.68. The molecule has 0 saturated carbocycles. The molecular weight excluding hydrogens is 388 g/mol. The van der Waals surface area contributed by atoms with E-state index < -0.39 is 0 Å². The molecule has 0 fully saturated rings. The van der Waals surface area contributed by atoms with Gasteiger partial charge in [0.1, 0.15) is 0 Å². The quantitative estimate of drug-likeness (QED) is 0.328. The van der Waals surface area contributed by atoms with E-state index in [4.69, 9.17) is 9.97 Å². The summed E-state index contributed by atoms with van der Waals surface area (Å²) >= 11 is 0. The van der Waals surface area contributed by atoms with Crippen molar-refractivity contribution >= 4 is 0 Å². The van der Waals surface area contributed by atoms with E-state index in [-0.39, 0.29) is 0 Å². The summed E-state index contributed by atoms with van der Waals surface area (Å²) in [4.78, 5) is 10.2. The minimum atomic E-state index is 0.581. The zero-order chi connectivity index (χ0) is 22.8. The lowest BCUT2D eigenvalue weighted by atomic mass is 9.95. The van der Waals surface area contributed by atoms with Gasteiger partial charge in [0.15, 0.2) is 0 Å². The van der Waals surface area contributed by atoms with Gasteiger partial charge in [0.05, 0.1) is 23.3 Å². The number of aromatic nitrogens is 2. The van der Waals surface area contributed by atoms with Crippen molar-refractivity contribution in [3.63, 3.8) is 0 Å². The highest BCUT2D eigenvalue weighted by atomic mass is 14.8. The van der Waals surface area contributed by atoms with Crippen molar-refractivity contribution in [3.05, 3.63) is 94.7 Å². The van der Waals surface area contributed by atoms with Gasteiger partial charge >= 0.3 is 0 Å². The van der Waals surface area contributed by atoms with Gasteiger partial charge in [-0.1, -0.05) is 72.5 Å². The first kappa shape index (κ1) is 22.0. The van der Waals surface area contributed by atoms with Crippen LogP contribution in [0.4, 0.5) is 0 Å². The molecule has 0 aliphatic carbocycles. The lowest BCUT2D eigenvalue weighted by molar-refractivity contribution is 0.648. The molecule has 2 heteroatoms. The van der Waals surface area contributed by atoms with Gasteiger partial charge in [-0.25, -0.2) is 4.98 Å². The lowest BCUT2D eigenvalue weighted by Crippen LogP contribution is -2.01. The molecule has 162 valence electrons. The van der Waals surface area contributed by atoms with Gasteiger partial charge in [0, 0.05) is 16.7 Å². The second-order valence-corrected chi connectivity index (χ2v) is 9.46. The lowest BCUT2D eigenvalue weighted by Gasteiger charge is -2.15. The maximum Gasteiger partial charge on any atom is 0.0972 e. The third-order valence-electron chi connectivity index (χ3n) is 5.68. The minimum absolute atomic E-state index is 0.581. The molecule has 0 amide bonds. The Bertz CT molecular complexity index is 1230. The van der Waals surface area contributed by atoms with E-state index in [9.17, 15) is 0 Å². The van der Waals surface area contributed by atoms with Gasteiger partial charge in [-0.3, -0.25) is 4.98 Å². The average Bonchev–Trinajstić information content (AvgIpc) is 2.72. The second kappa shape index (κ2) is 9.08. The van der Waals surface area contributed by atoms with Crippen molar-refractivity contribution in [2.24, 2.45) is 5.92 Å². The average molecular weight is 421 g/mol. The van der Waals surface area contributed by atoms with E-state index in [2.05, 4.69) is 102 Å². The number of benzene rings is 3. The Morgan fingerprint density at radius 1 is 0.688 bits per heavy atom. The van der Waals surface area contributed by atoms with Gasteiger partial charge in [-0.15, -0.1) is 0 Å². The highest BCUT2D eigenvalue weighted by Crippen LogP contribution is 2.34. The van der Waals surface area contributed by atoms with Crippen LogP contribution in [0.1, 0.15) is 41.7 Å². The van der Waals surface area contributed by atoms with E-state index >= 15 is 0 Å². The second-order valence-electron chi connectivity index (χ2n) is 9.46. The zero-order valence-corrected chi connectivity index (χ0v) is 20.0. The first-order valence-corrected chi connectivity index (χ1v) is 11.4. The van der Waals surface area contributed by atoms with Crippen LogP contribution in [0, 0.1) is 33.6 Å². The van der Waals surface area contributed by atoms with Gasteiger partial charge in [0.2, 0.25) is 0 Å². The predicted octanol–water partition coefficient (Wildman–Crippen LogP) is 7.91. The van der Waals surface area contributed by atoms with Crippen molar-refractivity contribution < 1.29 is 0 Å². The maximum atomic E-state index is 5.24. The summed E-state index contributed by atoms with van der Waals surface area (Å²) in [5, 5.41) is 0.